The molecule has 0 heterocycles. The van der Waals surface area contributed by atoms with Crippen LogP contribution in [0.15, 0.2) is 23.5 Å². The van der Waals surface area contributed by atoms with E-state index in [1.54, 1.807) is 0 Å². The zero-order chi connectivity index (χ0) is 32.1. The standard InChI is InChI=1S/C17H2F18O5/c18-3-1(11(36)37)5(20)8(2(4(3)19)12(38)39)40-10(24)7(22)6(21)9(23)13(25,26)14(27,28)15(29,30)16(31,32)17(33,34)35/h(H,36,37)(H,38,39). The number of carbonyl (C=O) groups is 2. The van der Waals surface area contributed by atoms with E-state index in [4.69, 9.17) is 10.2 Å². The van der Waals surface area contributed by atoms with Crippen LogP contribution in [-0.4, -0.2) is 52.0 Å². The monoisotopic (exact) mass is 628 g/mol. The molecule has 5 nitrogen and oxygen atoms in total. The van der Waals surface area contributed by atoms with Crippen molar-refractivity contribution in [1.29, 1.82) is 0 Å². The summed E-state index contributed by atoms with van der Waals surface area (Å²) in [6.07, 6.45) is -7.75. The van der Waals surface area contributed by atoms with Gasteiger partial charge in [-0.2, -0.15) is 57.1 Å². The summed E-state index contributed by atoms with van der Waals surface area (Å²) in [5.41, 5.74) is -5.15. The second kappa shape index (κ2) is 10.3. The summed E-state index contributed by atoms with van der Waals surface area (Å²) in [6.45, 7) is 0. The third-order valence-electron chi connectivity index (χ3n) is 4.27. The van der Waals surface area contributed by atoms with Crippen LogP contribution in [-0.2, 0) is 0 Å². The normalized spacial score (nSPS) is 14.9. The maximum Gasteiger partial charge on any atom is 0.460 e. The highest BCUT2D eigenvalue weighted by molar-refractivity contribution is 5.95. The number of halogens is 18. The molecule has 0 radical (unpaired) electrons. The van der Waals surface area contributed by atoms with Gasteiger partial charge >= 0.3 is 47.8 Å². The van der Waals surface area contributed by atoms with Crippen molar-refractivity contribution >= 4 is 11.9 Å². The first-order valence-corrected chi connectivity index (χ1v) is 8.67. The predicted octanol–water partition coefficient (Wildman–Crippen LogP) is 7.24. The van der Waals surface area contributed by atoms with Crippen LogP contribution in [0.4, 0.5) is 79.0 Å². The first-order valence-electron chi connectivity index (χ1n) is 8.67. The number of alkyl halides is 11. The Kier molecular flexibility index (Phi) is 8.81. The molecule has 0 aliphatic rings. The molecule has 0 aromatic heterocycles. The molecule has 1 rings (SSSR count). The number of hydrogen-bond acceptors (Lipinski definition) is 3. The van der Waals surface area contributed by atoms with Crippen molar-refractivity contribution in [2.24, 2.45) is 0 Å². The van der Waals surface area contributed by atoms with Gasteiger partial charge in [-0.05, 0) is 0 Å². The van der Waals surface area contributed by atoms with E-state index in [-0.39, 0.29) is 0 Å². The third-order valence-corrected chi connectivity index (χ3v) is 4.27. The van der Waals surface area contributed by atoms with Crippen molar-refractivity contribution < 1.29 is 104 Å². The summed E-state index contributed by atoms with van der Waals surface area (Å²) in [4.78, 5) is 21.7. The van der Waals surface area contributed by atoms with E-state index in [9.17, 15) is 88.6 Å². The summed E-state index contributed by atoms with van der Waals surface area (Å²) in [7, 11) is 0. The van der Waals surface area contributed by atoms with E-state index in [1.807, 2.05) is 0 Å². The molecular formula is C17H2F18O5. The molecule has 0 saturated heterocycles. The van der Waals surface area contributed by atoms with Crippen molar-refractivity contribution in [3.05, 3.63) is 52.1 Å². The molecule has 0 amide bonds. The lowest BCUT2D eigenvalue weighted by Crippen LogP contribution is -2.66. The van der Waals surface area contributed by atoms with E-state index in [2.05, 4.69) is 4.74 Å². The molecule has 0 unspecified atom stereocenters. The minimum absolute atomic E-state index is 2.55. The molecule has 1 aromatic rings. The number of rotatable bonds is 9. The summed E-state index contributed by atoms with van der Waals surface area (Å²) < 4.78 is 241. The largest absolute Gasteiger partial charge is 0.477 e. The van der Waals surface area contributed by atoms with Gasteiger partial charge in [0.2, 0.25) is 17.5 Å². The van der Waals surface area contributed by atoms with Crippen LogP contribution in [0, 0.1) is 17.5 Å². The molecule has 226 valence electrons. The van der Waals surface area contributed by atoms with Crippen LogP contribution in [0.5, 0.6) is 5.75 Å². The summed E-state index contributed by atoms with van der Waals surface area (Å²) >= 11 is 0. The molecule has 0 bridgehead atoms. The summed E-state index contributed by atoms with van der Waals surface area (Å²) in [5, 5.41) is 17.3. The van der Waals surface area contributed by atoms with Gasteiger partial charge in [0.1, 0.15) is 11.1 Å². The number of benzene rings is 1. The zero-order valence-electron chi connectivity index (χ0n) is 17.4. The van der Waals surface area contributed by atoms with Crippen LogP contribution < -0.4 is 4.74 Å². The highest BCUT2D eigenvalue weighted by Gasteiger charge is 2.88. The lowest BCUT2D eigenvalue weighted by Gasteiger charge is -2.36. The molecule has 2 N–H and O–H groups in total. The fourth-order valence-corrected chi connectivity index (χ4v) is 2.28. The number of allylic oxidation sites excluding steroid dienone is 3. The predicted molar refractivity (Wildman–Crippen MR) is 85.2 cm³/mol. The minimum Gasteiger partial charge on any atom is -0.477 e. The van der Waals surface area contributed by atoms with Crippen LogP contribution in [0.3, 0.4) is 0 Å². The molecule has 0 spiro atoms. The SMILES string of the molecule is O=C(O)c1c(F)c(F)c(C(=O)O)c(OC(F)=C(F)C(F)=C(F)C(F)(F)C(F)(F)C(F)(F)C(F)(F)C(F)(F)F)c1F. The van der Waals surface area contributed by atoms with Crippen molar-refractivity contribution in [3.8, 4) is 5.75 Å². The Morgan fingerprint density at radius 2 is 0.975 bits per heavy atom. The number of ether oxygens (including phenoxy) is 1. The maximum atomic E-state index is 14.1. The van der Waals surface area contributed by atoms with Gasteiger partial charge in [-0.25, -0.2) is 31.5 Å². The quantitative estimate of drug-likeness (QED) is 0.131. The third kappa shape index (κ3) is 5.07. The number of hydrogen-bond donors (Lipinski definition) is 2. The Morgan fingerprint density at radius 3 is 1.35 bits per heavy atom. The first kappa shape index (κ1) is 34.2. The van der Waals surface area contributed by atoms with Crippen molar-refractivity contribution in [2.75, 3.05) is 0 Å². The van der Waals surface area contributed by atoms with Gasteiger partial charge < -0.3 is 14.9 Å². The zero-order valence-corrected chi connectivity index (χ0v) is 17.4. The van der Waals surface area contributed by atoms with Gasteiger partial charge in [0.05, 0.1) is 0 Å². The Bertz CT molecular complexity index is 1290. The summed E-state index contributed by atoms with van der Waals surface area (Å²) in [5.74, 6) is -63.7. The smallest absolute Gasteiger partial charge is 0.460 e. The second-order valence-electron chi connectivity index (χ2n) is 6.74. The average Bonchev–Trinajstić information content (AvgIpc) is 2.79. The highest BCUT2D eigenvalue weighted by atomic mass is 19.4. The highest BCUT2D eigenvalue weighted by Crippen LogP contribution is 2.59. The van der Waals surface area contributed by atoms with Crippen LogP contribution in [0.2, 0.25) is 0 Å². The lowest BCUT2D eigenvalue weighted by atomic mass is 9.97. The van der Waals surface area contributed by atoms with Gasteiger partial charge in [-0.3, -0.25) is 0 Å². The van der Waals surface area contributed by atoms with E-state index >= 15 is 0 Å². The maximum absolute atomic E-state index is 14.1. The van der Waals surface area contributed by atoms with E-state index in [0.717, 1.165) is 0 Å². The number of carboxylic acid groups (broad SMARTS) is 2. The fraction of sp³-hybridized carbons (Fsp3) is 0.294. The molecule has 0 fully saturated rings. The Labute approximate surface area is 204 Å². The van der Waals surface area contributed by atoms with Gasteiger partial charge in [-0.15, -0.1) is 0 Å². The summed E-state index contributed by atoms with van der Waals surface area (Å²) in [6, 6.07) is -3.86. The van der Waals surface area contributed by atoms with Gasteiger partial charge in [0.15, 0.2) is 23.2 Å². The second-order valence-corrected chi connectivity index (χ2v) is 6.74. The number of carboxylic acids is 2. The van der Waals surface area contributed by atoms with Crippen LogP contribution in [0.1, 0.15) is 20.7 Å². The topological polar surface area (TPSA) is 83.8 Å². The number of aromatic carboxylic acids is 2. The molecule has 40 heavy (non-hydrogen) atoms. The van der Waals surface area contributed by atoms with E-state index in [0.29, 0.717) is 0 Å². The molecule has 23 heteroatoms. The van der Waals surface area contributed by atoms with Crippen LogP contribution >= 0.6 is 0 Å². The van der Waals surface area contributed by atoms with Gasteiger partial charge in [0.25, 0.3) is 0 Å². The molecule has 0 saturated carbocycles. The minimum atomic E-state index is -8.34. The Balaban J connectivity index is 3.85. The lowest BCUT2D eigenvalue weighted by molar-refractivity contribution is -0.419. The molecular weight excluding hydrogens is 626 g/mol. The molecule has 0 aliphatic carbocycles. The average molecular weight is 628 g/mol. The Morgan fingerprint density at radius 1 is 0.575 bits per heavy atom. The molecule has 0 aliphatic heterocycles. The Hall–Kier alpha value is -3.82. The van der Waals surface area contributed by atoms with E-state index in [1.165, 1.54) is 0 Å². The van der Waals surface area contributed by atoms with Gasteiger partial charge in [-0.1, -0.05) is 0 Å². The fourth-order valence-electron chi connectivity index (χ4n) is 2.28. The van der Waals surface area contributed by atoms with Crippen molar-refractivity contribution in [3.63, 3.8) is 0 Å². The first-order chi connectivity index (χ1) is 17.6. The van der Waals surface area contributed by atoms with E-state index < -0.39 is 99.6 Å². The van der Waals surface area contributed by atoms with Crippen molar-refractivity contribution in [2.45, 2.75) is 29.9 Å². The molecule has 0 atom stereocenters. The van der Waals surface area contributed by atoms with Crippen molar-refractivity contribution in [1.82, 2.24) is 0 Å². The van der Waals surface area contributed by atoms with Crippen LogP contribution in [0.25, 0.3) is 0 Å². The molecule has 1 aromatic carbocycles. The van der Waals surface area contributed by atoms with Gasteiger partial charge in [0, 0.05) is 0 Å².